The van der Waals surface area contributed by atoms with E-state index in [9.17, 15) is 13.6 Å². The molecule has 1 aromatic heterocycles. The van der Waals surface area contributed by atoms with Gasteiger partial charge >= 0.3 is 0 Å². The standard InChI is InChI=1S/C17H20F2N4O2/c1-9(2)13(15-22-16(23-25-15)17(20)7-4-8-17)21-14(24)12-10(18)5-3-6-11(12)19/h3,5-6,9,13H,4,7-8,20H2,1-2H3,(H,21,24). The summed E-state index contributed by atoms with van der Waals surface area (Å²) in [7, 11) is 0. The average Bonchev–Trinajstić information content (AvgIpc) is 2.99. The van der Waals surface area contributed by atoms with E-state index in [2.05, 4.69) is 15.5 Å². The van der Waals surface area contributed by atoms with Gasteiger partial charge in [-0.3, -0.25) is 4.79 Å². The van der Waals surface area contributed by atoms with Crippen LogP contribution in [-0.4, -0.2) is 16.0 Å². The monoisotopic (exact) mass is 350 g/mol. The van der Waals surface area contributed by atoms with Crippen LogP contribution in [0, 0.1) is 17.6 Å². The third-order valence-electron chi connectivity index (χ3n) is 4.54. The highest BCUT2D eigenvalue weighted by atomic mass is 19.1. The Hall–Kier alpha value is -2.35. The molecule has 0 radical (unpaired) electrons. The first-order valence-corrected chi connectivity index (χ1v) is 8.19. The van der Waals surface area contributed by atoms with Crippen molar-refractivity contribution in [1.82, 2.24) is 15.5 Å². The molecule has 134 valence electrons. The highest BCUT2D eigenvalue weighted by Crippen LogP contribution is 2.37. The van der Waals surface area contributed by atoms with Crippen LogP contribution in [0.3, 0.4) is 0 Å². The summed E-state index contributed by atoms with van der Waals surface area (Å²) in [6, 6.07) is 2.57. The van der Waals surface area contributed by atoms with Crippen molar-refractivity contribution in [2.75, 3.05) is 0 Å². The number of halogens is 2. The van der Waals surface area contributed by atoms with Crippen molar-refractivity contribution < 1.29 is 18.1 Å². The molecule has 2 aromatic rings. The van der Waals surface area contributed by atoms with Gasteiger partial charge in [-0.05, 0) is 37.3 Å². The van der Waals surface area contributed by atoms with Crippen molar-refractivity contribution >= 4 is 5.91 Å². The minimum Gasteiger partial charge on any atom is -0.340 e. The number of hydrogen-bond acceptors (Lipinski definition) is 5. The van der Waals surface area contributed by atoms with Gasteiger partial charge in [-0.1, -0.05) is 25.1 Å². The number of benzene rings is 1. The summed E-state index contributed by atoms with van der Waals surface area (Å²) in [6.45, 7) is 3.65. The third kappa shape index (κ3) is 3.26. The lowest BCUT2D eigenvalue weighted by Gasteiger charge is -2.34. The molecule has 1 amide bonds. The number of amides is 1. The lowest BCUT2D eigenvalue weighted by atomic mass is 9.77. The number of nitrogens with zero attached hydrogens (tertiary/aromatic N) is 2. The second kappa shape index (κ2) is 6.51. The lowest BCUT2D eigenvalue weighted by molar-refractivity contribution is 0.0905. The smallest absolute Gasteiger partial charge is 0.257 e. The molecule has 0 bridgehead atoms. The summed E-state index contributed by atoms with van der Waals surface area (Å²) in [5.74, 6) is -2.30. The summed E-state index contributed by atoms with van der Waals surface area (Å²) in [5.41, 5.74) is 4.95. The fourth-order valence-electron chi connectivity index (χ4n) is 2.79. The second-order valence-electron chi connectivity index (χ2n) is 6.76. The molecule has 1 unspecified atom stereocenters. The van der Waals surface area contributed by atoms with Crippen molar-refractivity contribution in [3.05, 3.63) is 47.1 Å². The van der Waals surface area contributed by atoms with Crippen molar-refractivity contribution in [1.29, 1.82) is 0 Å². The van der Waals surface area contributed by atoms with E-state index >= 15 is 0 Å². The molecule has 1 aliphatic carbocycles. The van der Waals surface area contributed by atoms with E-state index < -0.39 is 34.7 Å². The van der Waals surface area contributed by atoms with Gasteiger partial charge in [0.15, 0.2) is 5.82 Å². The number of rotatable bonds is 5. The normalized spacial score (nSPS) is 17.2. The molecule has 1 aromatic carbocycles. The number of carbonyl (C=O) groups excluding carboxylic acids is 1. The molecule has 3 rings (SSSR count). The maximum absolute atomic E-state index is 13.8. The number of hydrogen-bond donors (Lipinski definition) is 2. The lowest BCUT2D eigenvalue weighted by Crippen LogP contribution is -2.44. The van der Waals surface area contributed by atoms with Crippen LogP contribution >= 0.6 is 0 Å². The second-order valence-corrected chi connectivity index (χ2v) is 6.76. The van der Waals surface area contributed by atoms with Crippen molar-refractivity contribution in [3.8, 4) is 0 Å². The number of aromatic nitrogens is 2. The quantitative estimate of drug-likeness (QED) is 0.865. The minimum absolute atomic E-state index is 0.137. The first-order valence-electron chi connectivity index (χ1n) is 8.19. The highest BCUT2D eigenvalue weighted by Gasteiger charge is 2.40. The Kier molecular flexibility index (Phi) is 4.55. The largest absolute Gasteiger partial charge is 0.340 e. The highest BCUT2D eigenvalue weighted by molar-refractivity contribution is 5.94. The molecule has 1 heterocycles. The van der Waals surface area contributed by atoms with Crippen LogP contribution in [0.2, 0.25) is 0 Å². The number of carbonyl (C=O) groups is 1. The predicted molar refractivity (Wildman–Crippen MR) is 85.4 cm³/mol. The maximum atomic E-state index is 13.8. The van der Waals surface area contributed by atoms with Crippen LogP contribution in [0.1, 0.15) is 61.2 Å². The van der Waals surface area contributed by atoms with Crippen molar-refractivity contribution in [2.45, 2.75) is 44.7 Å². The van der Waals surface area contributed by atoms with Gasteiger partial charge in [0.05, 0.1) is 5.54 Å². The molecular weight excluding hydrogens is 330 g/mol. The van der Waals surface area contributed by atoms with Gasteiger partial charge < -0.3 is 15.6 Å². The fourth-order valence-corrected chi connectivity index (χ4v) is 2.79. The topological polar surface area (TPSA) is 94.0 Å². The summed E-state index contributed by atoms with van der Waals surface area (Å²) in [5, 5.41) is 6.49. The Labute approximate surface area is 143 Å². The first-order chi connectivity index (χ1) is 11.8. The van der Waals surface area contributed by atoms with Gasteiger partial charge in [0.25, 0.3) is 5.91 Å². The molecule has 1 saturated carbocycles. The van der Waals surface area contributed by atoms with E-state index in [1.807, 2.05) is 13.8 Å². The first kappa shape index (κ1) is 17.5. The fraction of sp³-hybridized carbons (Fsp3) is 0.471. The molecule has 0 aliphatic heterocycles. The van der Waals surface area contributed by atoms with E-state index in [-0.39, 0.29) is 11.8 Å². The van der Waals surface area contributed by atoms with E-state index in [1.54, 1.807) is 0 Å². The molecular formula is C17H20F2N4O2. The Balaban J connectivity index is 1.84. The van der Waals surface area contributed by atoms with Crippen LogP contribution in [0.5, 0.6) is 0 Å². The number of nitrogens with one attached hydrogen (secondary N) is 1. The van der Waals surface area contributed by atoms with E-state index in [1.165, 1.54) is 6.07 Å². The average molecular weight is 350 g/mol. The van der Waals surface area contributed by atoms with Gasteiger partial charge in [0.1, 0.15) is 23.2 Å². The summed E-state index contributed by atoms with van der Waals surface area (Å²) >= 11 is 0. The molecule has 1 atom stereocenters. The molecule has 25 heavy (non-hydrogen) atoms. The third-order valence-corrected chi connectivity index (χ3v) is 4.54. The van der Waals surface area contributed by atoms with Gasteiger partial charge in [-0.2, -0.15) is 4.98 Å². The molecule has 0 saturated heterocycles. The Morgan fingerprint density at radius 2 is 1.96 bits per heavy atom. The molecule has 8 heteroatoms. The summed E-state index contributed by atoms with van der Waals surface area (Å²) in [4.78, 5) is 16.7. The Bertz CT molecular complexity index is 766. The Morgan fingerprint density at radius 1 is 1.32 bits per heavy atom. The van der Waals surface area contributed by atoms with Crippen molar-refractivity contribution in [2.24, 2.45) is 11.7 Å². The van der Waals surface area contributed by atoms with Crippen molar-refractivity contribution in [3.63, 3.8) is 0 Å². The van der Waals surface area contributed by atoms with Gasteiger partial charge in [-0.15, -0.1) is 0 Å². The molecule has 6 nitrogen and oxygen atoms in total. The maximum Gasteiger partial charge on any atom is 0.257 e. The van der Waals surface area contributed by atoms with Crippen LogP contribution in [0.4, 0.5) is 8.78 Å². The zero-order chi connectivity index (χ0) is 18.2. The summed E-state index contributed by atoms with van der Waals surface area (Å²) in [6.07, 6.45) is 2.54. The summed E-state index contributed by atoms with van der Waals surface area (Å²) < 4.78 is 32.9. The van der Waals surface area contributed by atoms with E-state index in [0.717, 1.165) is 31.4 Å². The number of nitrogens with two attached hydrogens (primary N) is 1. The van der Waals surface area contributed by atoms with Crippen LogP contribution in [0.15, 0.2) is 22.7 Å². The van der Waals surface area contributed by atoms with Gasteiger partial charge in [0.2, 0.25) is 5.89 Å². The molecule has 3 N–H and O–H groups in total. The van der Waals surface area contributed by atoms with Crippen LogP contribution < -0.4 is 11.1 Å². The molecule has 0 spiro atoms. The molecule has 1 aliphatic rings. The predicted octanol–water partition coefficient (Wildman–Crippen LogP) is 2.81. The van der Waals surface area contributed by atoms with Gasteiger partial charge in [-0.25, -0.2) is 8.78 Å². The Morgan fingerprint density at radius 3 is 2.48 bits per heavy atom. The van der Waals surface area contributed by atoms with Gasteiger partial charge in [0, 0.05) is 0 Å². The van der Waals surface area contributed by atoms with E-state index in [4.69, 9.17) is 10.3 Å². The molecule has 1 fully saturated rings. The minimum atomic E-state index is -0.929. The van der Waals surface area contributed by atoms with Crippen LogP contribution in [0.25, 0.3) is 0 Å². The SMILES string of the molecule is CC(C)C(NC(=O)c1c(F)cccc1F)c1nc(C2(N)CCC2)no1. The zero-order valence-electron chi connectivity index (χ0n) is 14.1. The zero-order valence-corrected chi connectivity index (χ0v) is 14.1. The van der Waals surface area contributed by atoms with E-state index in [0.29, 0.717) is 5.82 Å². The van der Waals surface area contributed by atoms with Crippen LogP contribution in [-0.2, 0) is 5.54 Å².